The van der Waals surface area contributed by atoms with Crippen LogP contribution in [0.25, 0.3) is 0 Å². The first-order chi connectivity index (χ1) is 10.1. The summed E-state index contributed by atoms with van der Waals surface area (Å²) in [6, 6.07) is 13.6. The van der Waals surface area contributed by atoms with Gasteiger partial charge in [-0.05, 0) is 48.7 Å². The molecule has 2 nitrogen and oxygen atoms in total. The molecule has 21 heavy (non-hydrogen) atoms. The summed E-state index contributed by atoms with van der Waals surface area (Å²) in [7, 11) is 0. The monoisotopic (exact) mass is 323 g/mol. The Morgan fingerprint density at radius 1 is 1.10 bits per heavy atom. The molecule has 2 aromatic rings. The lowest BCUT2D eigenvalue weighted by Gasteiger charge is -2.11. The van der Waals surface area contributed by atoms with Crippen LogP contribution in [-0.2, 0) is 13.0 Å². The average Bonchev–Trinajstić information content (AvgIpc) is 2.49. The fourth-order valence-electron chi connectivity index (χ4n) is 1.98. The number of hydrogen-bond donors (Lipinski definition) is 1. The summed E-state index contributed by atoms with van der Waals surface area (Å²) in [4.78, 5) is 0. The Labute approximate surface area is 135 Å². The van der Waals surface area contributed by atoms with Gasteiger partial charge < -0.3 is 10.5 Å². The molecule has 0 saturated carbocycles. The van der Waals surface area contributed by atoms with Crippen LogP contribution in [0, 0.1) is 0 Å². The largest absolute Gasteiger partial charge is 0.489 e. The molecular weight excluding hydrogens is 305 g/mol. The zero-order valence-electron chi connectivity index (χ0n) is 12.0. The lowest BCUT2D eigenvalue weighted by Crippen LogP contribution is -2.21. The molecule has 0 bridgehead atoms. The molecule has 0 heterocycles. The summed E-state index contributed by atoms with van der Waals surface area (Å²) in [6.07, 6.45) is 1.86. The van der Waals surface area contributed by atoms with Gasteiger partial charge in [-0.15, -0.1) is 0 Å². The number of ether oxygens (including phenoxy) is 1. The van der Waals surface area contributed by atoms with E-state index >= 15 is 0 Å². The van der Waals surface area contributed by atoms with E-state index in [0.29, 0.717) is 16.7 Å². The molecule has 0 aliphatic heterocycles. The fourth-order valence-corrected chi connectivity index (χ4v) is 2.35. The Hall–Kier alpha value is -1.22. The van der Waals surface area contributed by atoms with Gasteiger partial charge in [-0.1, -0.05) is 42.3 Å². The first-order valence-electron chi connectivity index (χ1n) is 6.99. The SMILES string of the molecule is CCC(N)Cc1ccc(OCc2cc(Cl)ccc2Cl)cc1. The van der Waals surface area contributed by atoms with Crippen LogP contribution in [0.15, 0.2) is 42.5 Å². The number of hydrogen-bond acceptors (Lipinski definition) is 2. The van der Waals surface area contributed by atoms with E-state index in [1.54, 1.807) is 12.1 Å². The maximum absolute atomic E-state index is 6.11. The van der Waals surface area contributed by atoms with Gasteiger partial charge in [0.05, 0.1) is 0 Å². The lowest BCUT2D eigenvalue weighted by atomic mass is 10.0. The highest BCUT2D eigenvalue weighted by atomic mass is 35.5. The Kier molecular flexibility index (Phi) is 5.92. The first-order valence-corrected chi connectivity index (χ1v) is 7.75. The molecule has 0 aromatic heterocycles. The van der Waals surface area contributed by atoms with Crippen molar-refractivity contribution < 1.29 is 4.74 Å². The zero-order valence-corrected chi connectivity index (χ0v) is 13.5. The molecule has 0 amide bonds. The summed E-state index contributed by atoms with van der Waals surface area (Å²) in [6.45, 7) is 2.49. The van der Waals surface area contributed by atoms with E-state index in [-0.39, 0.29) is 6.04 Å². The maximum atomic E-state index is 6.11. The standard InChI is InChI=1S/C17H19Cl2NO/c1-2-15(20)9-12-3-6-16(7-4-12)21-11-13-10-14(18)5-8-17(13)19/h3-8,10,15H,2,9,11,20H2,1H3. The number of rotatable bonds is 6. The van der Waals surface area contributed by atoms with E-state index in [4.69, 9.17) is 33.7 Å². The summed E-state index contributed by atoms with van der Waals surface area (Å²) in [5.74, 6) is 0.805. The first kappa shape index (κ1) is 16.2. The van der Waals surface area contributed by atoms with Crippen molar-refractivity contribution >= 4 is 23.2 Å². The molecule has 4 heteroatoms. The third-order valence-electron chi connectivity index (χ3n) is 3.35. The van der Waals surface area contributed by atoms with Gasteiger partial charge in [-0.2, -0.15) is 0 Å². The average molecular weight is 324 g/mol. The fraction of sp³-hybridized carbons (Fsp3) is 0.294. The molecule has 0 spiro atoms. The number of halogens is 2. The van der Waals surface area contributed by atoms with E-state index < -0.39 is 0 Å². The summed E-state index contributed by atoms with van der Waals surface area (Å²) >= 11 is 12.1. The van der Waals surface area contributed by atoms with Crippen LogP contribution in [0.3, 0.4) is 0 Å². The summed E-state index contributed by atoms with van der Waals surface area (Å²) < 4.78 is 5.74. The minimum absolute atomic E-state index is 0.210. The quantitative estimate of drug-likeness (QED) is 0.824. The molecule has 2 aromatic carbocycles. The van der Waals surface area contributed by atoms with Gasteiger partial charge in [0.2, 0.25) is 0 Å². The van der Waals surface area contributed by atoms with Crippen LogP contribution >= 0.6 is 23.2 Å². The zero-order chi connectivity index (χ0) is 15.2. The predicted octanol–water partition coefficient (Wildman–Crippen LogP) is 4.85. The lowest BCUT2D eigenvalue weighted by molar-refractivity contribution is 0.306. The van der Waals surface area contributed by atoms with Gasteiger partial charge in [0.1, 0.15) is 12.4 Å². The van der Waals surface area contributed by atoms with E-state index in [9.17, 15) is 0 Å². The molecule has 0 saturated heterocycles. The van der Waals surface area contributed by atoms with Crippen LogP contribution in [0.2, 0.25) is 10.0 Å². The van der Waals surface area contributed by atoms with Crippen molar-refractivity contribution in [1.82, 2.24) is 0 Å². The molecule has 1 atom stereocenters. The van der Waals surface area contributed by atoms with Gasteiger partial charge in [-0.25, -0.2) is 0 Å². The topological polar surface area (TPSA) is 35.2 Å². The van der Waals surface area contributed by atoms with Crippen LogP contribution < -0.4 is 10.5 Å². The van der Waals surface area contributed by atoms with Crippen LogP contribution in [0.1, 0.15) is 24.5 Å². The van der Waals surface area contributed by atoms with Crippen molar-refractivity contribution in [2.45, 2.75) is 32.4 Å². The molecule has 0 radical (unpaired) electrons. The molecule has 0 fully saturated rings. The van der Waals surface area contributed by atoms with Crippen molar-refractivity contribution in [3.05, 3.63) is 63.6 Å². The number of benzene rings is 2. The van der Waals surface area contributed by atoms with Crippen molar-refractivity contribution in [1.29, 1.82) is 0 Å². The molecular formula is C17H19Cl2NO. The number of nitrogens with two attached hydrogens (primary N) is 1. The van der Waals surface area contributed by atoms with Crippen LogP contribution in [0.5, 0.6) is 5.75 Å². The summed E-state index contributed by atoms with van der Waals surface area (Å²) in [5, 5.41) is 1.31. The predicted molar refractivity (Wildman–Crippen MR) is 89.2 cm³/mol. The molecule has 2 rings (SSSR count). The Balaban J connectivity index is 1.96. The van der Waals surface area contributed by atoms with Crippen LogP contribution in [-0.4, -0.2) is 6.04 Å². The second-order valence-corrected chi connectivity index (χ2v) is 5.88. The van der Waals surface area contributed by atoms with Crippen molar-refractivity contribution in [2.24, 2.45) is 5.73 Å². The van der Waals surface area contributed by atoms with E-state index in [1.807, 2.05) is 30.3 Å². The van der Waals surface area contributed by atoms with Crippen molar-refractivity contribution in [3.63, 3.8) is 0 Å². The second-order valence-electron chi connectivity index (χ2n) is 5.04. The van der Waals surface area contributed by atoms with Gasteiger partial charge in [-0.3, -0.25) is 0 Å². The van der Waals surface area contributed by atoms with Gasteiger partial charge in [0.15, 0.2) is 0 Å². The maximum Gasteiger partial charge on any atom is 0.119 e. The second kappa shape index (κ2) is 7.69. The Morgan fingerprint density at radius 3 is 2.48 bits per heavy atom. The highest BCUT2D eigenvalue weighted by molar-refractivity contribution is 6.33. The van der Waals surface area contributed by atoms with E-state index in [2.05, 4.69) is 6.92 Å². The van der Waals surface area contributed by atoms with E-state index in [1.165, 1.54) is 5.56 Å². The van der Waals surface area contributed by atoms with Crippen molar-refractivity contribution in [2.75, 3.05) is 0 Å². The van der Waals surface area contributed by atoms with Crippen LogP contribution in [0.4, 0.5) is 0 Å². The third kappa shape index (κ3) is 4.92. The molecule has 112 valence electrons. The molecule has 0 aliphatic carbocycles. The smallest absolute Gasteiger partial charge is 0.119 e. The highest BCUT2D eigenvalue weighted by Crippen LogP contribution is 2.22. The van der Waals surface area contributed by atoms with E-state index in [0.717, 1.165) is 24.2 Å². The van der Waals surface area contributed by atoms with Crippen molar-refractivity contribution in [3.8, 4) is 5.75 Å². The minimum atomic E-state index is 0.210. The Morgan fingerprint density at radius 2 is 1.81 bits per heavy atom. The summed E-state index contributed by atoms with van der Waals surface area (Å²) in [5.41, 5.74) is 8.05. The normalized spacial score (nSPS) is 12.2. The third-order valence-corrected chi connectivity index (χ3v) is 3.95. The molecule has 2 N–H and O–H groups in total. The molecule has 1 unspecified atom stereocenters. The highest BCUT2D eigenvalue weighted by Gasteiger charge is 2.04. The van der Waals surface area contributed by atoms with Gasteiger partial charge >= 0.3 is 0 Å². The molecule has 0 aliphatic rings. The minimum Gasteiger partial charge on any atom is -0.489 e. The van der Waals surface area contributed by atoms with Gasteiger partial charge in [0.25, 0.3) is 0 Å². The Bertz CT molecular complexity index is 584. The van der Waals surface area contributed by atoms with Gasteiger partial charge in [0, 0.05) is 21.7 Å².